The second kappa shape index (κ2) is 8.04. The largest absolute Gasteiger partial charge is 0.471 e. The Kier molecular flexibility index (Phi) is 5.71. The van der Waals surface area contributed by atoms with Crippen LogP contribution in [0.25, 0.3) is 0 Å². The third-order valence-electron chi connectivity index (χ3n) is 4.48. The van der Waals surface area contributed by atoms with Crippen molar-refractivity contribution in [1.29, 1.82) is 0 Å². The van der Waals surface area contributed by atoms with Crippen LogP contribution in [0.5, 0.6) is 5.88 Å². The van der Waals surface area contributed by atoms with Crippen LogP contribution in [0.1, 0.15) is 17.5 Å². The summed E-state index contributed by atoms with van der Waals surface area (Å²) in [6, 6.07) is 8.36. The Bertz CT molecular complexity index is 825. The summed E-state index contributed by atoms with van der Waals surface area (Å²) in [6.07, 6.45) is -4.08. The first-order valence-electron chi connectivity index (χ1n) is 8.84. The van der Waals surface area contributed by atoms with Gasteiger partial charge in [0.1, 0.15) is 6.10 Å². The highest BCUT2D eigenvalue weighted by atomic mass is 19.4. The van der Waals surface area contributed by atoms with Gasteiger partial charge in [-0.1, -0.05) is 18.2 Å². The van der Waals surface area contributed by atoms with Gasteiger partial charge in [0.2, 0.25) is 11.8 Å². The maximum Gasteiger partial charge on any atom is 0.416 e. The van der Waals surface area contributed by atoms with Gasteiger partial charge in [-0.05, 0) is 17.7 Å². The van der Waals surface area contributed by atoms with Crippen LogP contribution in [0, 0.1) is 0 Å². The standard InChI is InChI=1S/C19H21F3N4O2/c1-25(2)16-6-7-17(24-23-16)28-15-8-9-26(12-15)18(27)11-13-4-3-5-14(10-13)19(20,21)22/h3-7,10,15H,8-9,11-12H2,1-2H3. The van der Waals surface area contributed by atoms with Crippen molar-refractivity contribution >= 4 is 11.7 Å². The Morgan fingerprint density at radius 3 is 2.68 bits per heavy atom. The fraction of sp³-hybridized carbons (Fsp3) is 0.421. The van der Waals surface area contributed by atoms with Crippen molar-refractivity contribution in [1.82, 2.24) is 15.1 Å². The molecule has 0 aliphatic carbocycles. The molecule has 1 aliphatic rings. The first-order valence-corrected chi connectivity index (χ1v) is 8.84. The fourth-order valence-electron chi connectivity index (χ4n) is 2.98. The normalized spacial score (nSPS) is 16.9. The minimum atomic E-state index is -4.42. The van der Waals surface area contributed by atoms with Crippen molar-refractivity contribution in [3.8, 4) is 5.88 Å². The number of anilines is 1. The van der Waals surface area contributed by atoms with E-state index in [-0.39, 0.29) is 18.4 Å². The molecule has 1 unspecified atom stereocenters. The van der Waals surface area contributed by atoms with Crippen LogP contribution in [0.3, 0.4) is 0 Å². The van der Waals surface area contributed by atoms with Gasteiger partial charge in [-0.15, -0.1) is 10.2 Å². The molecule has 3 rings (SSSR count). The minimum absolute atomic E-state index is 0.0754. The molecule has 150 valence electrons. The maximum atomic E-state index is 12.8. The van der Waals surface area contributed by atoms with E-state index in [1.165, 1.54) is 12.1 Å². The molecule has 2 aromatic rings. The molecule has 0 bridgehead atoms. The molecule has 0 saturated carbocycles. The van der Waals surface area contributed by atoms with Crippen LogP contribution in [-0.2, 0) is 17.4 Å². The lowest BCUT2D eigenvalue weighted by Gasteiger charge is -2.17. The number of carbonyl (C=O) groups is 1. The van der Waals surface area contributed by atoms with Gasteiger partial charge in [0.15, 0.2) is 5.82 Å². The van der Waals surface area contributed by atoms with E-state index < -0.39 is 11.7 Å². The van der Waals surface area contributed by atoms with E-state index in [1.807, 2.05) is 19.0 Å². The van der Waals surface area contributed by atoms with E-state index in [4.69, 9.17) is 4.74 Å². The van der Waals surface area contributed by atoms with Crippen LogP contribution >= 0.6 is 0 Å². The first kappa shape index (κ1) is 19.9. The zero-order chi connectivity index (χ0) is 20.3. The van der Waals surface area contributed by atoms with E-state index in [9.17, 15) is 18.0 Å². The lowest BCUT2D eigenvalue weighted by atomic mass is 10.1. The number of amides is 1. The zero-order valence-electron chi connectivity index (χ0n) is 15.6. The Balaban J connectivity index is 1.55. The third kappa shape index (κ3) is 4.90. The Hall–Kier alpha value is -2.84. The topological polar surface area (TPSA) is 58.6 Å². The zero-order valence-corrected chi connectivity index (χ0v) is 15.6. The number of nitrogens with zero attached hydrogens (tertiary/aromatic N) is 4. The molecule has 28 heavy (non-hydrogen) atoms. The Morgan fingerprint density at radius 1 is 1.25 bits per heavy atom. The number of aromatic nitrogens is 2. The number of halogens is 3. The summed E-state index contributed by atoms with van der Waals surface area (Å²) in [5.41, 5.74) is -0.408. The Morgan fingerprint density at radius 2 is 2.04 bits per heavy atom. The van der Waals surface area contributed by atoms with Crippen molar-refractivity contribution in [2.24, 2.45) is 0 Å². The van der Waals surface area contributed by atoms with Crippen LogP contribution in [0.4, 0.5) is 19.0 Å². The highest BCUT2D eigenvalue weighted by Crippen LogP contribution is 2.29. The number of hydrogen-bond acceptors (Lipinski definition) is 5. The summed E-state index contributed by atoms with van der Waals surface area (Å²) < 4.78 is 44.2. The number of benzene rings is 1. The molecule has 6 nitrogen and oxygen atoms in total. The van der Waals surface area contributed by atoms with Gasteiger partial charge < -0.3 is 14.5 Å². The van der Waals surface area contributed by atoms with Gasteiger partial charge >= 0.3 is 6.18 Å². The predicted molar refractivity (Wildman–Crippen MR) is 97.1 cm³/mol. The lowest BCUT2D eigenvalue weighted by Crippen LogP contribution is -2.32. The molecule has 0 N–H and O–H groups in total. The van der Waals surface area contributed by atoms with Crippen LogP contribution < -0.4 is 9.64 Å². The first-order chi connectivity index (χ1) is 13.2. The number of hydrogen-bond donors (Lipinski definition) is 0. The van der Waals surface area contributed by atoms with Crippen LogP contribution in [-0.4, -0.2) is 54.3 Å². The predicted octanol–water partition coefficient (Wildman–Crippen LogP) is 2.78. The van der Waals surface area contributed by atoms with E-state index >= 15 is 0 Å². The molecular formula is C19H21F3N4O2. The van der Waals surface area contributed by atoms with Gasteiger partial charge in [0, 0.05) is 33.1 Å². The smallest absolute Gasteiger partial charge is 0.416 e. The molecule has 1 aromatic carbocycles. The molecule has 1 aromatic heterocycles. The molecule has 1 amide bonds. The Labute approximate surface area is 160 Å². The molecule has 1 saturated heterocycles. The monoisotopic (exact) mass is 394 g/mol. The van der Waals surface area contributed by atoms with Crippen LogP contribution in [0.15, 0.2) is 36.4 Å². The lowest BCUT2D eigenvalue weighted by molar-refractivity contribution is -0.138. The number of carbonyl (C=O) groups excluding carboxylic acids is 1. The second-order valence-corrected chi connectivity index (χ2v) is 6.87. The maximum absolute atomic E-state index is 12.8. The second-order valence-electron chi connectivity index (χ2n) is 6.87. The highest BCUT2D eigenvalue weighted by Gasteiger charge is 2.31. The summed E-state index contributed by atoms with van der Waals surface area (Å²) in [5, 5.41) is 8.05. The van der Waals surface area contributed by atoms with E-state index in [2.05, 4.69) is 10.2 Å². The van der Waals surface area contributed by atoms with Gasteiger partial charge in [-0.2, -0.15) is 13.2 Å². The average molecular weight is 394 g/mol. The van der Waals surface area contributed by atoms with E-state index in [1.54, 1.807) is 17.0 Å². The number of alkyl halides is 3. The number of ether oxygens (including phenoxy) is 1. The molecule has 9 heteroatoms. The highest BCUT2D eigenvalue weighted by molar-refractivity contribution is 5.79. The number of rotatable bonds is 5. The van der Waals surface area contributed by atoms with Gasteiger partial charge in [-0.25, -0.2) is 0 Å². The summed E-state index contributed by atoms with van der Waals surface area (Å²) in [7, 11) is 3.71. The van der Waals surface area contributed by atoms with Crippen molar-refractivity contribution in [2.45, 2.75) is 25.1 Å². The van der Waals surface area contributed by atoms with E-state index in [0.29, 0.717) is 36.8 Å². The fourth-order valence-corrected chi connectivity index (χ4v) is 2.98. The quantitative estimate of drug-likeness (QED) is 0.781. The van der Waals surface area contributed by atoms with Crippen molar-refractivity contribution < 1.29 is 22.7 Å². The molecule has 1 fully saturated rings. The molecule has 0 spiro atoms. The molecular weight excluding hydrogens is 373 g/mol. The molecule has 2 heterocycles. The third-order valence-corrected chi connectivity index (χ3v) is 4.48. The average Bonchev–Trinajstić information content (AvgIpc) is 3.10. The molecule has 1 atom stereocenters. The van der Waals surface area contributed by atoms with Gasteiger partial charge in [-0.3, -0.25) is 4.79 Å². The van der Waals surface area contributed by atoms with Gasteiger partial charge in [0.05, 0.1) is 18.5 Å². The molecule has 0 radical (unpaired) electrons. The minimum Gasteiger partial charge on any atom is -0.471 e. The summed E-state index contributed by atoms with van der Waals surface area (Å²) in [6.45, 7) is 0.862. The summed E-state index contributed by atoms with van der Waals surface area (Å²) in [4.78, 5) is 15.9. The van der Waals surface area contributed by atoms with E-state index in [0.717, 1.165) is 12.1 Å². The van der Waals surface area contributed by atoms with Crippen LogP contribution in [0.2, 0.25) is 0 Å². The van der Waals surface area contributed by atoms with Gasteiger partial charge in [0.25, 0.3) is 0 Å². The van der Waals surface area contributed by atoms with Crippen molar-refractivity contribution in [3.05, 3.63) is 47.5 Å². The number of likely N-dealkylation sites (tertiary alicyclic amines) is 1. The molecule has 1 aliphatic heterocycles. The van der Waals surface area contributed by atoms with Crippen molar-refractivity contribution in [2.75, 3.05) is 32.1 Å². The SMILES string of the molecule is CN(C)c1ccc(OC2CCN(C(=O)Cc3cccc(C(F)(F)F)c3)C2)nn1. The van der Waals surface area contributed by atoms with Crippen molar-refractivity contribution in [3.63, 3.8) is 0 Å². The summed E-state index contributed by atoms with van der Waals surface area (Å²) in [5.74, 6) is 0.860. The summed E-state index contributed by atoms with van der Waals surface area (Å²) >= 11 is 0.